The van der Waals surface area contributed by atoms with E-state index in [1.54, 1.807) is 7.05 Å². The number of carbonyl (C=O) groups excluding carboxylic acids is 1. The number of aliphatic carboxylic acids is 1. The Bertz CT molecular complexity index is 494. The first kappa shape index (κ1) is 15.3. The third kappa shape index (κ3) is 4.47. The minimum absolute atomic E-state index is 0.0553. The van der Waals surface area contributed by atoms with Gasteiger partial charge in [0, 0.05) is 19.8 Å². The van der Waals surface area contributed by atoms with Crippen molar-refractivity contribution in [3.8, 4) is 0 Å². The summed E-state index contributed by atoms with van der Waals surface area (Å²) in [5, 5.41) is 15.8. The molecule has 0 unspecified atom stereocenters. The second-order valence-corrected chi connectivity index (χ2v) is 5.45. The first-order valence-corrected chi connectivity index (χ1v) is 7.31. The predicted molar refractivity (Wildman–Crippen MR) is 76.9 cm³/mol. The molecule has 1 aliphatic rings. The zero-order chi connectivity index (χ0) is 15.2. The van der Waals surface area contributed by atoms with Crippen molar-refractivity contribution in [1.82, 2.24) is 20.0 Å². The summed E-state index contributed by atoms with van der Waals surface area (Å²) in [4.78, 5) is 23.6. The van der Waals surface area contributed by atoms with Crippen LogP contribution in [0.4, 0.5) is 4.79 Å². The number of hydrogen-bond donors (Lipinski definition) is 2. The first-order chi connectivity index (χ1) is 10.1. The zero-order valence-corrected chi connectivity index (χ0v) is 12.3. The van der Waals surface area contributed by atoms with Crippen molar-refractivity contribution in [3.63, 3.8) is 0 Å². The van der Waals surface area contributed by atoms with Crippen LogP contribution < -0.4 is 5.32 Å². The number of nitrogens with one attached hydrogen (secondary N) is 1. The van der Waals surface area contributed by atoms with Crippen LogP contribution in [0.15, 0.2) is 12.3 Å². The minimum Gasteiger partial charge on any atom is -0.481 e. The van der Waals surface area contributed by atoms with Crippen molar-refractivity contribution in [3.05, 3.63) is 18.0 Å². The number of rotatable bonds is 6. The molecule has 2 N–H and O–H groups in total. The Balaban J connectivity index is 1.77. The lowest BCUT2D eigenvalue weighted by atomic mass is 10.3. The highest BCUT2D eigenvalue weighted by Gasteiger charge is 2.17. The van der Waals surface area contributed by atoms with Crippen LogP contribution in [0.1, 0.15) is 43.8 Å². The first-order valence-electron chi connectivity index (χ1n) is 7.31. The molecule has 0 bridgehead atoms. The van der Waals surface area contributed by atoms with Crippen LogP contribution in [0.5, 0.6) is 0 Å². The van der Waals surface area contributed by atoms with Crippen molar-refractivity contribution in [1.29, 1.82) is 0 Å². The maximum absolute atomic E-state index is 11.8. The van der Waals surface area contributed by atoms with Gasteiger partial charge in [-0.3, -0.25) is 9.48 Å². The molecule has 7 heteroatoms. The number of carboxylic acids is 1. The van der Waals surface area contributed by atoms with Gasteiger partial charge in [-0.1, -0.05) is 12.8 Å². The molecule has 1 aromatic rings. The van der Waals surface area contributed by atoms with E-state index in [1.807, 2.05) is 16.9 Å². The summed E-state index contributed by atoms with van der Waals surface area (Å²) in [6, 6.07) is 2.12. The third-order valence-corrected chi connectivity index (χ3v) is 3.79. The molecule has 0 aromatic carbocycles. The van der Waals surface area contributed by atoms with E-state index in [9.17, 15) is 9.59 Å². The molecular weight excluding hydrogens is 272 g/mol. The molecule has 1 heterocycles. The second-order valence-electron chi connectivity index (χ2n) is 5.45. The fraction of sp³-hybridized carbons (Fsp3) is 0.643. The van der Waals surface area contributed by atoms with Crippen LogP contribution in [0.25, 0.3) is 0 Å². The van der Waals surface area contributed by atoms with E-state index in [0.29, 0.717) is 12.6 Å². The molecule has 0 spiro atoms. The largest absolute Gasteiger partial charge is 0.481 e. The number of urea groups is 1. The molecule has 0 atom stereocenters. The Hall–Kier alpha value is -2.05. The quantitative estimate of drug-likeness (QED) is 0.834. The normalized spacial score (nSPS) is 15.1. The van der Waals surface area contributed by atoms with Crippen LogP contribution in [-0.2, 0) is 11.3 Å². The Morgan fingerprint density at radius 1 is 1.48 bits per heavy atom. The smallest absolute Gasteiger partial charge is 0.317 e. The van der Waals surface area contributed by atoms with Crippen molar-refractivity contribution < 1.29 is 14.7 Å². The average molecular weight is 294 g/mol. The highest BCUT2D eigenvalue weighted by atomic mass is 16.4. The van der Waals surface area contributed by atoms with Gasteiger partial charge in [-0.15, -0.1) is 0 Å². The average Bonchev–Trinajstić information content (AvgIpc) is 3.12. The monoisotopic (exact) mass is 294 g/mol. The molecule has 0 aliphatic heterocycles. The summed E-state index contributed by atoms with van der Waals surface area (Å²) in [6.07, 6.45) is 6.76. The van der Waals surface area contributed by atoms with Gasteiger partial charge >= 0.3 is 12.0 Å². The summed E-state index contributed by atoms with van der Waals surface area (Å²) in [5.74, 6) is -0.912. The molecule has 2 amide bonds. The van der Waals surface area contributed by atoms with Gasteiger partial charge in [0.05, 0.1) is 24.7 Å². The van der Waals surface area contributed by atoms with Crippen molar-refractivity contribution in [2.24, 2.45) is 0 Å². The minimum atomic E-state index is -0.912. The molecule has 1 fully saturated rings. The van der Waals surface area contributed by atoms with Crippen molar-refractivity contribution in [2.75, 3.05) is 13.6 Å². The highest BCUT2D eigenvalue weighted by molar-refractivity contribution is 5.74. The lowest BCUT2D eigenvalue weighted by molar-refractivity contribution is -0.137. The van der Waals surface area contributed by atoms with E-state index >= 15 is 0 Å². The molecule has 7 nitrogen and oxygen atoms in total. The molecule has 21 heavy (non-hydrogen) atoms. The van der Waals surface area contributed by atoms with Crippen LogP contribution in [0.3, 0.4) is 0 Å². The predicted octanol–water partition coefficient (Wildman–Crippen LogP) is 1.61. The maximum atomic E-state index is 11.8. The summed E-state index contributed by atoms with van der Waals surface area (Å²) in [7, 11) is 1.58. The number of amides is 2. The van der Waals surface area contributed by atoms with Gasteiger partial charge < -0.3 is 15.3 Å². The van der Waals surface area contributed by atoms with E-state index in [2.05, 4.69) is 10.4 Å². The number of aromatic nitrogens is 2. The molecule has 0 saturated heterocycles. The van der Waals surface area contributed by atoms with Gasteiger partial charge in [0.2, 0.25) is 0 Å². The van der Waals surface area contributed by atoms with Crippen LogP contribution in [-0.4, -0.2) is 45.4 Å². The molecule has 1 aromatic heterocycles. The van der Waals surface area contributed by atoms with E-state index in [0.717, 1.165) is 5.69 Å². The molecule has 1 aliphatic carbocycles. The highest BCUT2D eigenvalue weighted by Crippen LogP contribution is 2.28. The Morgan fingerprint density at radius 2 is 2.19 bits per heavy atom. The summed E-state index contributed by atoms with van der Waals surface area (Å²) in [5.41, 5.74) is 0.821. The third-order valence-electron chi connectivity index (χ3n) is 3.79. The Kier molecular flexibility index (Phi) is 5.19. The fourth-order valence-electron chi connectivity index (χ4n) is 2.51. The van der Waals surface area contributed by atoms with E-state index < -0.39 is 5.97 Å². The van der Waals surface area contributed by atoms with Gasteiger partial charge in [0.25, 0.3) is 0 Å². The topological polar surface area (TPSA) is 87.5 Å². The second kappa shape index (κ2) is 7.10. The van der Waals surface area contributed by atoms with Crippen LogP contribution in [0.2, 0.25) is 0 Å². The summed E-state index contributed by atoms with van der Waals surface area (Å²) in [6.45, 7) is 0.549. The van der Waals surface area contributed by atoms with Gasteiger partial charge in [0.1, 0.15) is 0 Å². The van der Waals surface area contributed by atoms with Crippen LogP contribution in [0, 0.1) is 0 Å². The fourth-order valence-corrected chi connectivity index (χ4v) is 2.51. The summed E-state index contributed by atoms with van der Waals surface area (Å²) >= 11 is 0. The number of carboxylic acid groups (broad SMARTS) is 1. The van der Waals surface area contributed by atoms with Gasteiger partial charge in [-0.25, -0.2) is 4.79 Å². The zero-order valence-electron chi connectivity index (χ0n) is 12.3. The number of nitrogens with zero attached hydrogens (tertiary/aromatic N) is 3. The SMILES string of the molecule is CN(CCC(=O)O)C(=O)NCc1ccn(C2CCCC2)n1. The molecular formula is C14H22N4O3. The van der Waals surface area contributed by atoms with Gasteiger partial charge in [-0.05, 0) is 18.9 Å². The number of carbonyl (C=O) groups is 2. The van der Waals surface area contributed by atoms with Crippen LogP contribution >= 0.6 is 0 Å². The molecule has 0 radical (unpaired) electrons. The number of hydrogen-bond acceptors (Lipinski definition) is 3. The standard InChI is InChI=1S/C14H22N4O3/c1-17(8-7-13(19)20)14(21)15-10-11-6-9-18(16-11)12-4-2-3-5-12/h6,9,12H,2-5,7-8,10H2,1H3,(H,15,21)(H,19,20). The van der Waals surface area contributed by atoms with Crippen molar-refractivity contribution in [2.45, 2.75) is 44.7 Å². The molecule has 2 rings (SSSR count). The van der Waals surface area contributed by atoms with E-state index in [4.69, 9.17) is 5.11 Å². The molecule has 116 valence electrons. The lowest BCUT2D eigenvalue weighted by Gasteiger charge is -2.16. The van der Waals surface area contributed by atoms with Gasteiger partial charge in [-0.2, -0.15) is 5.10 Å². The van der Waals surface area contributed by atoms with E-state index in [-0.39, 0.29) is 19.0 Å². The Morgan fingerprint density at radius 3 is 2.86 bits per heavy atom. The van der Waals surface area contributed by atoms with Gasteiger partial charge in [0.15, 0.2) is 0 Å². The molecule has 1 saturated carbocycles. The Labute approximate surface area is 123 Å². The van der Waals surface area contributed by atoms with Crippen molar-refractivity contribution >= 4 is 12.0 Å². The summed E-state index contributed by atoms with van der Waals surface area (Å²) < 4.78 is 1.99. The van der Waals surface area contributed by atoms with E-state index in [1.165, 1.54) is 30.6 Å². The maximum Gasteiger partial charge on any atom is 0.317 e. The lowest BCUT2D eigenvalue weighted by Crippen LogP contribution is -2.38.